The zero-order valence-electron chi connectivity index (χ0n) is 14.8. The van der Waals surface area contributed by atoms with E-state index in [9.17, 15) is 19.8 Å². The summed E-state index contributed by atoms with van der Waals surface area (Å²) < 4.78 is 6.25. The number of rotatable bonds is 5. The van der Waals surface area contributed by atoms with Crippen molar-refractivity contribution >= 4 is 40.1 Å². The number of amides is 1. The van der Waals surface area contributed by atoms with Gasteiger partial charge in [0.05, 0.1) is 17.7 Å². The molecule has 1 heterocycles. The van der Waals surface area contributed by atoms with Gasteiger partial charge in [0.1, 0.15) is 12.3 Å². The minimum absolute atomic E-state index is 0.0294. The summed E-state index contributed by atoms with van der Waals surface area (Å²) in [5, 5.41) is 28.6. The molecular formula is C19H16ClN3O5. The first kappa shape index (κ1) is 19.4. The van der Waals surface area contributed by atoms with E-state index in [4.69, 9.17) is 16.3 Å². The summed E-state index contributed by atoms with van der Waals surface area (Å²) in [6, 6.07) is 10.8. The molecule has 0 aliphatic carbocycles. The third-order valence-electron chi connectivity index (χ3n) is 3.94. The van der Waals surface area contributed by atoms with Crippen LogP contribution in [0.2, 0.25) is 5.02 Å². The number of esters is 1. The van der Waals surface area contributed by atoms with Gasteiger partial charge in [-0.3, -0.25) is 14.2 Å². The van der Waals surface area contributed by atoms with Crippen molar-refractivity contribution in [2.45, 2.75) is 13.5 Å². The summed E-state index contributed by atoms with van der Waals surface area (Å²) in [7, 11) is 0. The van der Waals surface area contributed by atoms with Gasteiger partial charge >= 0.3 is 5.97 Å². The molecule has 0 saturated heterocycles. The number of ether oxygens (including phenoxy) is 1. The van der Waals surface area contributed by atoms with Crippen LogP contribution in [0.15, 0.2) is 52.7 Å². The van der Waals surface area contributed by atoms with Crippen molar-refractivity contribution in [2.75, 3.05) is 6.61 Å². The molecule has 1 amide bonds. The largest absolute Gasteiger partial charge is 0.507 e. The summed E-state index contributed by atoms with van der Waals surface area (Å²) in [6.45, 7) is 1.68. The van der Waals surface area contributed by atoms with Gasteiger partial charge in [0.15, 0.2) is 5.69 Å². The fraction of sp³-hybridized carbons (Fsp3) is 0.158. The van der Waals surface area contributed by atoms with E-state index in [0.29, 0.717) is 10.9 Å². The highest BCUT2D eigenvalue weighted by Gasteiger charge is 2.19. The molecule has 28 heavy (non-hydrogen) atoms. The summed E-state index contributed by atoms with van der Waals surface area (Å²) in [5.74, 6) is -1.99. The maximum Gasteiger partial charge on any atom is 0.326 e. The van der Waals surface area contributed by atoms with Gasteiger partial charge in [-0.15, -0.1) is 10.2 Å². The number of para-hydroxylation sites is 1. The molecule has 0 radical (unpaired) electrons. The molecule has 0 fully saturated rings. The van der Waals surface area contributed by atoms with Gasteiger partial charge in [0, 0.05) is 10.4 Å². The van der Waals surface area contributed by atoms with E-state index in [2.05, 4.69) is 10.2 Å². The number of hydrogen-bond acceptors (Lipinski definition) is 6. The summed E-state index contributed by atoms with van der Waals surface area (Å²) >= 11 is 5.75. The van der Waals surface area contributed by atoms with Crippen molar-refractivity contribution in [3.63, 3.8) is 0 Å². The van der Waals surface area contributed by atoms with Gasteiger partial charge in [-0.2, -0.15) is 0 Å². The van der Waals surface area contributed by atoms with Gasteiger partial charge in [0.25, 0.3) is 5.91 Å². The second-order valence-corrected chi connectivity index (χ2v) is 6.18. The van der Waals surface area contributed by atoms with Crippen molar-refractivity contribution in [2.24, 2.45) is 10.2 Å². The number of carbonyl (C=O) groups is 2. The Labute approximate surface area is 164 Å². The summed E-state index contributed by atoms with van der Waals surface area (Å²) in [4.78, 5) is 24.1. The summed E-state index contributed by atoms with van der Waals surface area (Å²) in [5.41, 5.74) is 0.480. The Bertz CT molecular complexity index is 1090. The number of phenols is 1. The van der Waals surface area contributed by atoms with E-state index in [1.165, 1.54) is 22.8 Å². The van der Waals surface area contributed by atoms with Gasteiger partial charge < -0.3 is 14.9 Å². The predicted molar refractivity (Wildman–Crippen MR) is 102 cm³/mol. The lowest BCUT2D eigenvalue weighted by Gasteiger charge is -2.06. The fourth-order valence-corrected chi connectivity index (χ4v) is 2.87. The van der Waals surface area contributed by atoms with Gasteiger partial charge in [-0.25, -0.2) is 0 Å². The third kappa shape index (κ3) is 3.81. The van der Waals surface area contributed by atoms with Crippen molar-refractivity contribution in [3.05, 3.63) is 53.1 Å². The molecule has 0 bridgehead atoms. The van der Waals surface area contributed by atoms with Crippen molar-refractivity contribution < 1.29 is 24.5 Å². The summed E-state index contributed by atoms with van der Waals surface area (Å²) in [6.07, 6.45) is 0. The molecular weight excluding hydrogens is 386 g/mol. The van der Waals surface area contributed by atoms with Crippen LogP contribution in [-0.4, -0.2) is 33.3 Å². The Hall–Kier alpha value is -3.39. The van der Waals surface area contributed by atoms with Crippen LogP contribution in [-0.2, 0) is 16.1 Å². The van der Waals surface area contributed by atoms with Gasteiger partial charge in [0.2, 0.25) is 5.88 Å². The molecule has 0 saturated carbocycles. The minimum atomic E-state index is -0.809. The van der Waals surface area contributed by atoms with Gasteiger partial charge in [-0.1, -0.05) is 29.8 Å². The fourth-order valence-electron chi connectivity index (χ4n) is 2.70. The molecule has 0 atom stereocenters. The second-order valence-electron chi connectivity index (χ2n) is 5.75. The van der Waals surface area contributed by atoms with Crippen LogP contribution in [0, 0.1) is 0 Å². The van der Waals surface area contributed by atoms with Crippen LogP contribution in [0.3, 0.4) is 0 Å². The van der Waals surface area contributed by atoms with E-state index in [-0.39, 0.29) is 41.1 Å². The topological polar surface area (TPSA) is 113 Å². The molecule has 0 spiro atoms. The number of phenolic OH excluding ortho intramolecular Hbond substituents is 1. The molecule has 3 rings (SSSR count). The number of nitrogens with zero attached hydrogens (tertiary/aromatic N) is 3. The van der Waals surface area contributed by atoms with Crippen LogP contribution in [0.25, 0.3) is 10.9 Å². The third-order valence-corrected chi connectivity index (χ3v) is 4.18. The average Bonchev–Trinajstić information content (AvgIpc) is 2.91. The molecule has 8 nitrogen and oxygen atoms in total. The number of hydrogen-bond donors (Lipinski definition) is 2. The van der Waals surface area contributed by atoms with Crippen LogP contribution in [0.1, 0.15) is 17.3 Å². The first-order chi connectivity index (χ1) is 13.4. The van der Waals surface area contributed by atoms with E-state index in [1.807, 2.05) is 0 Å². The molecule has 2 N–H and O–H groups in total. The van der Waals surface area contributed by atoms with Crippen molar-refractivity contribution in [1.82, 2.24) is 4.57 Å². The predicted octanol–water partition coefficient (Wildman–Crippen LogP) is 4.19. The van der Waals surface area contributed by atoms with E-state index in [1.54, 1.807) is 31.2 Å². The Kier molecular flexibility index (Phi) is 5.60. The first-order valence-corrected chi connectivity index (χ1v) is 8.70. The lowest BCUT2D eigenvalue weighted by molar-refractivity contribution is -0.143. The molecule has 0 aliphatic rings. The highest BCUT2D eigenvalue weighted by atomic mass is 35.5. The maximum absolute atomic E-state index is 12.2. The lowest BCUT2D eigenvalue weighted by atomic mass is 10.2. The molecule has 2 aromatic carbocycles. The monoisotopic (exact) mass is 401 g/mol. The first-order valence-electron chi connectivity index (χ1n) is 8.32. The Morgan fingerprint density at radius 1 is 1.18 bits per heavy atom. The molecule has 9 heteroatoms. The highest BCUT2D eigenvalue weighted by Crippen LogP contribution is 2.39. The number of aromatic hydroxyl groups is 2. The standard InChI is InChI=1S/C19H16ClN3O5/c1-2-28-16(25)10-23-14-6-4-3-5-12(14)17(19(23)27)21-22-18(26)13-8-7-11(20)9-15(13)24/h3-9,24,27H,2,10H2,1H3. The number of benzene rings is 2. The normalized spacial score (nSPS) is 11.2. The van der Waals surface area contributed by atoms with Crippen molar-refractivity contribution in [3.8, 4) is 11.6 Å². The lowest BCUT2D eigenvalue weighted by Crippen LogP contribution is -2.12. The van der Waals surface area contributed by atoms with Crippen LogP contribution in [0.5, 0.6) is 11.6 Å². The highest BCUT2D eigenvalue weighted by molar-refractivity contribution is 6.30. The van der Waals surface area contributed by atoms with Crippen LogP contribution < -0.4 is 0 Å². The Morgan fingerprint density at radius 3 is 2.64 bits per heavy atom. The van der Waals surface area contributed by atoms with E-state index < -0.39 is 11.9 Å². The van der Waals surface area contributed by atoms with Gasteiger partial charge in [-0.05, 0) is 31.2 Å². The Balaban J connectivity index is 1.99. The smallest absolute Gasteiger partial charge is 0.326 e. The average molecular weight is 402 g/mol. The molecule has 144 valence electrons. The number of halogens is 1. The second kappa shape index (κ2) is 8.10. The minimum Gasteiger partial charge on any atom is -0.507 e. The Morgan fingerprint density at radius 2 is 1.93 bits per heavy atom. The van der Waals surface area contributed by atoms with Crippen molar-refractivity contribution in [1.29, 1.82) is 0 Å². The molecule has 0 aliphatic heterocycles. The maximum atomic E-state index is 12.2. The molecule has 3 aromatic rings. The zero-order valence-corrected chi connectivity index (χ0v) is 15.6. The number of fused-ring (bicyclic) bond motifs is 1. The number of aromatic nitrogens is 1. The molecule has 0 unspecified atom stereocenters. The van der Waals surface area contributed by atoms with E-state index >= 15 is 0 Å². The van der Waals surface area contributed by atoms with Crippen LogP contribution >= 0.6 is 11.6 Å². The quantitative estimate of drug-likeness (QED) is 0.491. The molecule has 1 aromatic heterocycles. The van der Waals surface area contributed by atoms with Crippen LogP contribution in [0.4, 0.5) is 5.69 Å². The zero-order chi connectivity index (χ0) is 20.3. The number of azo groups is 1. The SMILES string of the molecule is CCOC(=O)Cn1c(O)c(N=NC(=O)c2ccc(Cl)cc2O)c2ccccc21. The van der Waals surface area contributed by atoms with E-state index in [0.717, 1.165) is 0 Å². The number of carbonyl (C=O) groups excluding carboxylic acids is 2.